The Morgan fingerprint density at radius 2 is 2.03 bits per heavy atom. The van der Waals surface area contributed by atoms with E-state index in [2.05, 4.69) is 39.1 Å². The third-order valence-electron chi connectivity index (χ3n) is 5.93. The first kappa shape index (κ1) is 20.5. The summed E-state index contributed by atoms with van der Waals surface area (Å²) in [6, 6.07) is 13.9. The van der Waals surface area contributed by atoms with Crippen LogP contribution in [0.2, 0.25) is 0 Å². The highest BCUT2D eigenvalue weighted by Gasteiger charge is 2.30. The zero-order chi connectivity index (χ0) is 23.1. The van der Waals surface area contributed by atoms with Gasteiger partial charge in [-0.1, -0.05) is 36.3 Å². The molecular weight excluding hydrogens is 416 g/mol. The van der Waals surface area contributed by atoms with Crippen LogP contribution in [0.5, 0.6) is 0 Å². The fraction of sp³-hybridized carbons (Fsp3) is 0.200. The van der Waals surface area contributed by atoms with Gasteiger partial charge in [-0.25, -0.2) is 4.85 Å². The van der Waals surface area contributed by atoms with E-state index in [0.717, 1.165) is 45.1 Å². The molecule has 2 aromatic heterocycles. The van der Waals surface area contributed by atoms with E-state index in [-0.39, 0.29) is 12.5 Å². The van der Waals surface area contributed by atoms with Gasteiger partial charge in [-0.05, 0) is 30.7 Å². The summed E-state index contributed by atoms with van der Waals surface area (Å²) in [5, 5.41) is 8.50. The Bertz CT molecular complexity index is 1390. The molecule has 0 spiro atoms. The van der Waals surface area contributed by atoms with Crippen LogP contribution < -0.4 is 10.6 Å². The number of nitrogens with zero attached hydrogens (tertiary/aromatic N) is 5. The van der Waals surface area contributed by atoms with Crippen molar-refractivity contribution < 1.29 is 9.32 Å². The smallest absolute Gasteiger partial charge is 0.239 e. The predicted octanol–water partition coefficient (Wildman–Crippen LogP) is 4.80. The third-order valence-corrected chi connectivity index (χ3v) is 5.93. The molecule has 0 saturated carbocycles. The number of benzene rings is 2. The Hall–Kier alpha value is -4.38. The van der Waals surface area contributed by atoms with E-state index in [1.807, 2.05) is 43.5 Å². The van der Waals surface area contributed by atoms with Gasteiger partial charge in [0.25, 0.3) is 0 Å². The standard InChI is InChI=1S/C25H22N6O2/c1-15-12-31(20-7-5-19(27-3)6-8-20)22-10-17(18-11-28-30(13-18)14-23(26)32)4-9-21(22)24-16(2)29-33-25(15)24/h4-11,13,15H,12,14H2,1-2H3,(H2,26,32). The summed E-state index contributed by atoms with van der Waals surface area (Å²) in [4.78, 5) is 17.0. The highest BCUT2D eigenvalue weighted by molar-refractivity contribution is 5.89. The Morgan fingerprint density at radius 3 is 2.76 bits per heavy atom. The first-order valence-electron chi connectivity index (χ1n) is 10.6. The highest BCUT2D eigenvalue weighted by atomic mass is 16.5. The molecule has 1 aliphatic heterocycles. The maximum Gasteiger partial charge on any atom is 0.239 e. The zero-order valence-electron chi connectivity index (χ0n) is 18.3. The van der Waals surface area contributed by atoms with E-state index in [0.29, 0.717) is 12.2 Å². The van der Waals surface area contributed by atoms with Crippen LogP contribution in [0, 0.1) is 13.5 Å². The van der Waals surface area contributed by atoms with Gasteiger partial charge in [-0.3, -0.25) is 9.48 Å². The number of aryl methyl sites for hydroxylation is 1. The molecule has 8 nitrogen and oxygen atoms in total. The highest BCUT2D eigenvalue weighted by Crippen LogP contribution is 2.46. The largest absolute Gasteiger partial charge is 0.368 e. The van der Waals surface area contributed by atoms with E-state index >= 15 is 0 Å². The van der Waals surface area contributed by atoms with Crippen molar-refractivity contribution in [2.45, 2.75) is 26.3 Å². The van der Waals surface area contributed by atoms with Crippen LogP contribution >= 0.6 is 0 Å². The number of hydrogen-bond acceptors (Lipinski definition) is 5. The number of anilines is 2. The van der Waals surface area contributed by atoms with E-state index in [4.69, 9.17) is 16.8 Å². The monoisotopic (exact) mass is 438 g/mol. The number of aromatic nitrogens is 3. The van der Waals surface area contributed by atoms with Crippen LogP contribution in [0.15, 0.2) is 59.4 Å². The molecular formula is C25H22N6O2. The van der Waals surface area contributed by atoms with E-state index in [1.165, 1.54) is 4.68 Å². The third kappa shape index (κ3) is 3.64. The summed E-state index contributed by atoms with van der Waals surface area (Å²) < 4.78 is 7.27. The van der Waals surface area contributed by atoms with E-state index < -0.39 is 5.91 Å². The van der Waals surface area contributed by atoms with Gasteiger partial charge in [0.1, 0.15) is 12.3 Å². The minimum Gasteiger partial charge on any atom is -0.368 e. The van der Waals surface area contributed by atoms with Gasteiger partial charge in [-0.2, -0.15) is 5.10 Å². The molecule has 3 heterocycles. The molecule has 8 heteroatoms. The second-order valence-corrected chi connectivity index (χ2v) is 8.27. The van der Waals surface area contributed by atoms with Crippen molar-refractivity contribution in [1.29, 1.82) is 0 Å². The molecule has 0 bridgehead atoms. The number of primary amides is 1. The van der Waals surface area contributed by atoms with Crippen molar-refractivity contribution in [2.75, 3.05) is 11.4 Å². The molecule has 2 aromatic carbocycles. The number of carbonyl (C=O) groups excluding carboxylic acids is 1. The van der Waals surface area contributed by atoms with E-state index in [1.54, 1.807) is 6.20 Å². The van der Waals surface area contributed by atoms with Crippen LogP contribution in [0.25, 0.3) is 27.1 Å². The van der Waals surface area contributed by atoms with Gasteiger partial charge < -0.3 is 15.2 Å². The van der Waals surface area contributed by atoms with Gasteiger partial charge in [0.2, 0.25) is 5.91 Å². The lowest BCUT2D eigenvalue weighted by molar-refractivity contribution is -0.118. The van der Waals surface area contributed by atoms with Crippen molar-refractivity contribution in [3.05, 3.63) is 77.7 Å². The van der Waals surface area contributed by atoms with Crippen molar-refractivity contribution >= 4 is 23.0 Å². The molecule has 1 unspecified atom stereocenters. The van der Waals surface area contributed by atoms with Crippen LogP contribution in [0.1, 0.15) is 24.3 Å². The lowest BCUT2D eigenvalue weighted by Gasteiger charge is -2.27. The molecule has 1 aliphatic rings. The van der Waals surface area contributed by atoms with Gasteiger partial charge >= 0.3 is 0 Å². The minimum atomic E-state index is -0.440. The van der Waals surface area contributed by atoms with Gasteiger partial charge in [0, 0.05) is 46.7 Å². The molecule has 164 valence electrons. The number of rotatable bonds is 4. The number of hydrogen-bond donors (Lipinski definition) is 1. The molecule has 1 amide bonds. The molecule has 4 aromatic rings. The first-order valence-corrected chi connectivity index (χ1v) is 10.6. The Balaban J connectivity index is 1.67. The van der Waals surface area contributed by atoms with Gasteiger partial charge in [0.15, 0.2) is 5.69 Å². The lowest BCUT2D eigenvalue weighted by Crippen LogP contribution is -2.21. The molecule has 2 N–H and O–H groups in total. The SMILES string of the molecule is [C-]#[N+]c1ccc(N2CC(C)c3onc(C)c3-c3ccc(-c4cnn(CC(N)=O)c4)cc32)cc1. The van der Waals surface area contributed by atoms with Crippen LogP contribution in [0.3, 0.4) is 0 Å². The summed E-state index contributed by atoms with van der Waals surface area (Å²) in [5.74, 6) is 0.539. The summed E-state index contributed by atoms with van der Waals surface area (Å²) in [6.45, 7) is 12.1. The molecule has 0 fully saturated rings. The molecule has 5 rings (SSSR count). The second kappa shape index (κ2) is 7.95. The van der Waals surface area contributed by atoms with Gasteiger partial charge in [-0.15, -0.1) is 0 Å². The summed E-state index contributed by atoms with van der Waals surface area (Å²) >= 11 is 0. The number of amides is 1. The average Bonchev–Trinajstić information content (AvgIpc) is 3.40. The normalized spacial score (nSPS) is 14.8. The molecule has 0 saturated heterocycles. The topological polar surface area (TPSA) is 94.5 Å². The van der Waals surface area contributed by atoms with Crippen molar-refractivity contribution in [3.8, 4) is 22.3 Å². The molecule has 1 atom stereocenters. The van der Waals surface area contributed by atoms with Crippen LogP contribution in [-0.2, 0) is 11.3 Å². The number of fused-ring (bicyclic) bond motifs is 3. The first-order chi connectivity index (χ1) is 15.9. The Labute approximate surface area is 191 Å². The Morgan fingerprint density at radius 1 is 1.24 bits per heavy atom. The van der Waals surface area contributed by atoms with Crippen molar-refractivity contribution in [2.24, 2.45) is 5.73 Å². The average molecular weight is 438 g/mol. The summed E-state index contributed by atoms with van der Waals surface area (Å²) in [5.41, 5.74) is 12.7. The minimum absolute atomic E-state index is 0.0330. The number of carbonyl (C=O) groups is 1. The second-order valence-electron chi connectivity index (χ2n) is 8.27. The Kier molecular flexibility index (Phi) is 4.94. The van der Waals surface area contributed by atoms with Crippen molar-refractivity contribution in [3.63, 3.8) is 0 Å². The number of nitrogens with two attached hydrogens (primary N) is 1. The fourth-order valence-corrected chi connectivity index (χ4v) is 4.36. The quantitative estimate of drug-likeness (QED) is 0.462. The summed E-state index contributed by atoms with van der Waals surface area (Å²) in [7, 11) is 0. The van der Waals surface area contributed by atoms with Crippen molar-refractivity contribution in [1.82, 2.24) is 14.9 Å². The molecule has 0 radical (unpaired) electrons. The predicted molar refractivity (Wildman–Crippen MR) is 125 cm³/mol. The van der Waals surface area contributed by atoms with Gasteiger partial charge in [0.05, 0.1) is 18.5 Å². The van der Waals surface area contributed by atoms with E-state index in [9.17, 15) is 4.79 Å². The molecule has 0 aliphatic carbocycles. The van der Waals surface area contributed by atoms with Crippen LogP contribution in [-0.4, -0.2) is 27.4 Å². The fourth-order valence-electron chi connectivity index (χ4n) is 4.36. The maximum atomic E-state index is 11.3. The molecule has 33 heavy (non-hydrogen) atoms. The lowest BCUT2D eigenvalue weighted by atomic mass is 9.96. The maximum absolute atomic E-state index is 11.3. The zero-order valence-corrected chi connectivity index (χ0v) is 18.3. The van der Waals surface area contributed by atoms with Crippen LogP contribution in [0.4, 0.5) is 17.1 Å². The summed E-state index contributed by atoms with van der Waals surface area (Å²) in [6.07, 6.45) is 3.55.